The zero-order chi connectivity index (χ0) is 16.7. The van der Waals surface area contributed by atoms with Crippen molar-refractivity contribution in [3.8, 4) is 6.07 Å². The van der Waals surface area contributed by atoms with E-state index >= 15 is 0 Å². The van der Waals surface area contributed by atoms with Crippen molar-refractivity contribution < 1.29 is 9.59 Å². The molecule has 2 N–H and O–H groups in total. The number of carbonyl (C=O) groups excluding carboxylic acids is 2. The van der Waals surface area contributed by atoms with E-state index in [0.717, 1.165) is 0 Å². The molecule has 2 amide bonds. The molecule has 0 radical (unpaired) electrons. The summed E-state index contributed by atoms with van der Waals surface area (Å²) in [4.78, 5) is 23.3. The topological polar surface area (TPSA) is 94.4 Å². The smallest absolute Gasteiger partial charge is 0.318 e. The van der Waals surface area contributed by atoms with Gasteiger partial charge in [-0.15, -0.1) is 0 Å². The number of hydrazone groups is 1. The van der Waals surface area contributed by atoms with E-state index in [-0.39, 0.29) is 0 Å². The minimum atomic E-state index is -0.919. The molecule has 7 heteroatoms. The Morgan fingerprint density at radius 2 is 1.78 bits per heavy atom. The second kappa shape index (κ2) is 7.73. The van der Waals surface area contributed by atoms with Gasteiger partial charge in [-0.3, -0.25) is 9.59 Å². The van der Waals surface area contributed by atoms with Crippen LogP contribution in [-0.2, 0) is 9.59 Å². The van der Waals surface area contributed by atoms with Crippen molar-refractivity contribution in [3.05, 3.63) is 64.7 Å². The Hall–Kier alpha value is -3.17. The lowest BCUT2D eigenvalue weighted by atomic mass is 10.2. The maximum absolute atomic E-state index is 11.7. The van der Waals surface area contributed by atoms with Gasteiger partial charge in [-0.05, 0) is 30.3 Å². The Kier molecular flexibility index (Phi) is 5.45. The van der Waals surface area contributed by atoms with Gasteiger partial charge in [0, 0.05) is 16.3 Å². The fourth-order valence-electron chi connectivity index (χ4n) is 1.61. The average Bonchev–Trinajstić information content (AvgIpc) is 2.57. The van der Waals surface area contributed by atoms with Crippen molar-refractivity contribution in [2.45, 2.75) is 0 Å². The maximum Gasteiger partial charge on any atom is 0.329 e. The summed E-state index contributed by atoms with van der Waals surface area (Å²) < 4.78 is 0. The molecule has 0 fully saturated rings. The van der Waals surface area contributed by atoms with Crippen LogP contribution in [0.3, 0.4) is 0 Å². The van der Waals surface area contributed by atoms with Crippen LogP contribution in [-0.4, -0.2) is 18.0 Å². The monoisotopic (exact) mass is 326 g/mol. The number of carbonyl (C=O) groups is 2. The summed E-state index contributed by atoms with van der Waals surface area (Å²) in [6.07, 6.45) is 1.34. The Morgan fingerprint density at radius 1 is 1.09 bits per heavy atom. The minimum absolute atomic E-state index is 0.402. The van der Waals surface area contributed by atoms with Crippen LogP contribution >= 0.6 is 11.6 Å². The highest BCUT2D eigenvalue weighted by molar-refractivity contribution is 6.39. The molecule has 6 nitrogen and oxygen atoms in total. The van der Waals surface area contributed by atoms with Crippen LogP contribution in [0, 0.1) is 11.3 Å². The highest BCUT2D eigenvalue weighted by atomic mass is 35.5. The average molecular weight is 327 g/mol. The number of hydrogen-bond acceptors (Lipinski definition) is 4. The van der Waals surface area contributed by atoms with Gasteiger partial charge >= 0.3 is 11.8 Å². The standard InChI is InChI=1S/C16H11ClN4O2/c17-14-4-2-1-3-12(14)10-19-21-16(23)15(22)20-13-7-5-11(9-18)6-8-13/h1-8,10H,(H,20,22)(H,21,23)/b19-10+. The first kappa shape index (κ1) is 16.2. The van der Waals surface area contributed by atoms with Crippen LogP contribution < -0.4 is 10.7 Å². The summed E-state index contributed by atoms with van der Waals surface area (Å²) in [6.45, 7) is 0. The molecule has 2 rings (SSSR count). The number of halogens is 1. The third kappa shape index (κ3) is 4.66. The Labute approximate surface area is 137 Å². The van der Waals surface area contributed by atoms with E-state index in [9.17, 15) is 9.59 Å². The van der Waals surface area contributed by atoms with Gasteiger partial charge in [0.15, 0.2) is 0 Å². The van der Waals surface area contributed by atoms with Gasteiger partial charge < -0.3 is 5.32 Å². The van der Waals surface area contributed by atoms with E-state index in [2.05, 4.69) is 15.8 Å². The van der Waals surface area contributed by atoms with E-state index in [1.807, 2.05) is 6.07 Å². The lowest BCUT2D eigenvalue weighted by Crippen LogP contribution is -2.32. The van der Waals surface area contributed by atoms with Crippen molar-refractivity contribution in [1.29, 1.82) is 5.26 Å². The molecular formula is C16H11ClN4O2. The second-order valence-corrected chi connectivity index (χ2v) is 4.77. The third-order valence-corrected chi connectivity index (χ3v) is 3.10. The SMILES string of the molecule is N#Cc1ccc(NC(=O)C(=O)N/N=C/c2ccccc2Cl)cc1. The van der Waals surface area contributed by atoms with Gasteiger partial charge in [0.05, 0.1) is 17.8 Å². The van der Waals surface area contributed by atoms with Crippen LogP contribution in [0.15, 0.2) is 53.6 Å². The number of nitrogens with one attached hydrogen (secondary N) is 2. The number of rotatable bonds is 3. The van der Waals surface area contributed by atoms with Crippen LogP contribution in [0.1, 0.15) is 11.1 Å². The number of hydrogen-bond donors (Lipinski definition) is 2. The summed E-state index contributed by atoms with van der Waals surface area (Å²) in [5.74, 6) is -1.79. The van der Waals surface area contributed by atoms with Crippen molar-refractivity contribution >= 4 is 35.3 Å². The predicted octanol–water partition coefficient (Wildman–Crippen LogP) is 2.30. The molecular weight excluding hydrogens is 316 g/mol. The molecule has 0 heterocycles. The van der Waals surface area contributed by atoms with Gasteiger partial charge in [0.1, 0.15) is 0 Å². The first-order chi connectivity index (χ1) is 11.1. The van der Waals surface area contributed by atoms with E-state index in [1.165, 1.54) is 30.5 Å². The lowest BCUT2D eigenvalue weighted by molar-refractivity contribution is -0.136. The summed E-state index contributed by atoms with van der Waals surface area (Å²) in [7, 11) is 0. The highest BCUT2D eigenvalue weighted by Crippen LogP contribution is 2.12. The second-order valence-electron chi connectivity index (χ2n) is 4.36. The fraction of sp³-hybridized carbons (Fsp3) is 0. The summed E-state index contributed by atoms with van der Waals surface area (Å²) in [5, 5.41) is 15.2. The fourth-order valence-corrected chi connectivity index (χ4v) is 1.79. The zero-order valence-electron chi connectivity index (χ0n) is 11.8. The van der Waals surface area contributed by atoms with Crippen molar-refractivity contribution in [2.24, 2.45) is 5.10 Å². The molecule has 0 atom stereocenters. The number of amides is 2. The van der Waals surface area contributed by atoms with Crippen LogP contribution in [0.4, 0.5) is 5.69 Å². The first-order valence-electron chi connectivity index (χ1n) is 6.49. The van der Waals surface area contributed by atoms with Crippen molar-refractivity contribution in [2.75, 3.05) is 5.32 Å². The lowest BCUT2D eigenvalue weighted by Gasteiger charge is -2.03. The van der Waals surface area contributed by atoms with Gasteiger partial charge in [0.2, 0.25) is 0 Å². The molecule has 0 spiro atoms. The highest BCUT2D eigenvalue weighted by Gasteiger charge is 2.12. The van der Waals surface area contributed by atoms with Crippen molar-refractivity contribution in [3.63, 3.8) is 0 Å². The van der Waals surface area contributed by atoms with Gasteiger partial charge in [0.25, 0.3) is 0 Å². The van der Waals surface area contributed by atoms with Crippen LogP contribution in [0.2, 0.25) is 5.02 Å². The zero-order valence-corrected chi connectivity index (χ0v) is 12.5. The molecule has 0 aliphatic carbocycles. The predicted molar refractivity (Wildman–Crippen MR) is 87.0 cm³/mol. The minimum Gasteiger partial charge on any atom is -0.318 e. The number of anilines is 1. The maximum atomic E-state index is 11.7. The Bertz CT molecular complexity index is 794. The van der Waals surface area contributed by atoms with Crippen LogP contribution in [0.5, 0.6) is 0 Å². The molecule has 0 saturated heterocycles. The molecule has 2 aromatic rings. The Morgan fingerprint density at radius 3 is 2.43 bits per heavy atom. The number of benzene rings is 2. The van der Waals surface area contributed by atoms with Crippen molar-refractivity contribution in [1.82, 2.24) is 5.43 Å². The normalized spacial score (nSPS) is 10.1. The quantitative estimate of drug-likeness (QED) is 0.514. The van der Waals surface area contributed by atoms with Gasteiger partial charge in [-0.25, -0.2) is 5.43 Å². The van der Waals surface area contributed by atoms with Crippen LogP contribution in [0.25, 0.3) is 0 Å². The molecule has 0 unspecified atom stereocenters. The van der Waals surface area contributed by atoms with E-state index in [1.54, 1.807) is 24.3 Å². The first-order valence-corrected chi connectivity index (χ1v) is 6.87. The molecule has 0 aliphatic heterocycles. The molecule has 0 bridgehead atoms. The molecule has 0 aliphatic rings. The summed E-state index contributed by atoms with van der Waals surface area (Å²) in [6, 6.07) is 15.0. The van der Waals surface area contributed by atoms with E-state index in [0.29, 0.717) is 21.8 Å². The largest absolute Gasteiger partial charge is 0.329 e. The molecule has 114 valence electrons. The summed E-state index contributed by atoms with van der Waals surface area (Å²) in [5.41, 5.74) is 3.58. The molecule has 0 aromatic heterocycles. The molecule has 2 aromatic carbocycles. The molecule has 23 heavy (non-hydrogen) atoms. The molecule has 0 saturated carbocycles. The number of nitriles is 1. The van der Waals surface area contributed by atoms with E-state index < -0.39 is 11.8 Å². The number of nitrogens with zero attached hydrogens (tertiary/aromatic N) is 2. The van der Waals surface area contributed by atoms with Gasteiger partial charge in [-0.1, -0.05) is 29.8 Å². The van der Waals surface area contributed by atoms with Gasteiger partial charge in [-0.2, -0.15) is 10.4 Å². The Balaban J connectivity index is 1.91. The summed E-state index contributed by atoms with van der Waals surface area (Å²) >= 11 is 5.93. The van der Waals surface area contributed by atoms with E-state index in [4.69, 9.17) is 16.9 Å². The third-order valence-electron chi connectivity index (χ3n) is 2.75.